The Morgan fingerprint density at radius 2 is 2.18 bits per heavy atom. The number of carbonyl (C=O) groups is 1. The normalized spacial score (nSPS) is 17.5. The first-order chi connectivity index (χ1) is 10.8. The lowest BCUT2D eigenvalue weighted by atomic mass is 10.1. The minimum atomic E-state index is 0.0563. The van der Waals surface area contributed by atoms with Crippen LogP contribution in [0.25, 0.3) is 0 Å². The van der Waals surface area contributed by atoms with Crippen LogP contribution in [0.5, 0.6) is 0 Å². The zero-order valence-electron chi connectivity index (χ0n) is 12.6. The summed E-state index contributed by atoms with van der Waals surface area (Å²) in [6.45, 7) is 2.04. The molecule has 0 radical (unpaired) electrons. The number of benzene rings is 1. The standard InChI is InChI=1S/C17H21N3O2/c21-17(11-16-7-3-10-22-16)18-12-14-5-1-2-6-15(14)13-20-9-4-8-19-20/h1-2,4-6,8-9,16H,3,7,10-13H2,(H,18,21)/t16-/m0/s1. The fraction of sp³-hybridized carbons (Fsp3) is 0.412. The van der Waals surface area contributed by atoms with Crippen LogP contribution in [-0.4, -0.2) is 28.4 Å². The molecule has 5 heteroatoms. The Labute approximate surface area is 130 Å². The first-order valence-electron chi connectivity index (χ1n) is 7.74. The summed E-state index contributed by atoms with van der Waals surface area (Å²) in [6.07, 6.45) is 6.31. The van der Waals surface area contributed by atoms with E-state index >= 15 is 0 Å². The van der Waals surface area contributed by atoms with Gasteiger partial charge in [-0.3, -0.25) is 9.48 Å². The molecule has 3 rings (SSSR count). The molecule has 1 aliphatic heterocycles. The maximum Gasteiger partial charge on any atom is 0.222 e. The SMILES string of the molecule is O=C(C[C@@H]1CCCO1)NCc1ccccc1Cn1cccn1. The summed E-state index contributed by atoms with van der Waals surface area (Å²) in [4.78, 5) is 12.0. The van der Waals surface area contributed by atoms with E-state index in [-0.39, 0.29) is 12.0 Å². The van der Waals surface area contributed by atoms with Crippen LogP contribution in [0.1, 0.15) is 30.4 Å². The van der Waals surface area contributed by atoms with Crippen molar-refractivity contribution in [1.82, 2.24) is 15.1 Å². The van der Waals surface area contributed by atoms with E-state index in [1.54, 1.807) is 6.20 Å². The molecule has 22 heavy (non-hydrogen) atoms. The van der Waals surface area contributed by atoms with Crippen molar-refractivity contribution in [1.29, 1.82) is 0 Å². The van der Waals surface area contributed by atoms with Crippen molar-refractivity contribution in [3.05, 3.63) is 53.9 Å². The van der Waals surface area contributed by atoms with Gasteiger partial charge in [-0.05, 0) is 30.0 Å². The molecule has 1 N–H and O–H groups in total. The van der Waals surface area contributed by atoms with Gasteiger partial charge in [0.15, 0.2) is 0 Å². The molecule has 2 heterocycles. The number of carbonyl (C=O) groups excluding carboxylic acids is 1. The Kier molecular flexibility index (Phi) is 4.85. The smallest absolute Gasteiger partial charge is 0.222 e. The number of aromatic nitrogens is 2. The molecule has 0 spiro atoms. The molecule has 116 valence electrons. The third-order valence-electron chi connectivity index (χ3n) is 3.92. The van der Waals surface area contributed by atoms with Gasteiger partial charge in [0.1, 0.15) is 0 Å². The Morgan fingerprint density at radius 1 is 1.32 bits per heavy atom. The lowest BCUT2D eigenvalue weighted by Gasteiger charge is -2.12. The van der Waals surface area contributed by atoms with Crippen molar-refractivity contribution in [2.45, 2.75) is 38.5 Å². The highest BCUT2D eigenvalue weighted by Gasteiger charge is 2.18. The van der Waals surface area contributed by atoms with E-state index in [4.69, 9.17) is 4.74 Å². The maximum absolute atomic E-state index is 12.0. The summed E-state index contributed by atoms with van der Waals surface area (Å²) in [6, 6.07) is 10.0. The van der Waals surface area contributed by atoms with E-state index in [1.165, 1.54) is 5.56 Å². The van der Waals surface area contributed by atoms with Crippen LogP contribution >= 0.6 is 0 Å². The highest BCUT2D eigenvalue weighted by atomic mass is 16.5. The summed E-state index contributed by atoms with van der Waals surface area (Å²) >= 11 is 0. The average Bonchev–Trinajstić information content (AvgIpc) is 3.20. The topological polar surface area (TPSA) is 56.1 Å². The molecule has 0 bridgehead atoms. The molecule has 1 aromatic heterocycles. The second-order valence-electron chi connectivity index (χ2n) is 5.59. The molecule has 5 nitrogen and oxygen atoms in total. The fourth-order valence-electron chi connectivity index (χ4n) is 2.73. The van der Waals surface area contributed by atoms with E-state index in [0.29, 0.717) is 19.5 Å². The second kappa shape index (κ2) is 7.22. The molecule has 1 aromatic carbocycles. The lowest BCUT2D eigenvalue weighted by Crippen LogP contribution is -2.27. The van der Waals surface area contributed by atoms with Gasteiger partial charge in [0, 0.05) is 25.5 Å². The molecule has 1 aliphatic rings. The minimum absolute atomic E-state index is 0.0563. The zero-order chi connectivity index (χ0) is 15.2. The quantitative estimate of drug-likeness (QED) is 0.889. The fourth-order valence-corrected chi connectivity index (χ4v) is 2.73. The van der Waals surface area contributed by atoms with Crippen LogP contribution in [0.2, 0.25) is 0 Å². The van der Waals surface area contributed by atoms with Gasteiger partial charge in [0.05, 0.1) is 19.1 Å². The molecule has 1 fully saturated rings. The van der Waals surface area contributed by atoms with Crippen molar-refractivity contribution in [3.8, 4) is 0 Å². The van der Waals surface area contributed by atoms with Crippen LogP contribution in [-0.2, 0) is 22.6 Å². The number of nitrogens with one attached hydrogen (secondary N) is 1. The number of ether oxygens (including phenoxy) is 1. The average molecular weight is 299 g/mol. The Hall–Kier alpha value is -2.14. The molecule has 0 unspecified atom stereocenters. The Morgan fingerprint density at radius 3 is 2.91 bits per heavy atom. The van der Waals surface area contributed by atoms with Gasteiger partial charge in [-0.25, -0.2) is 0 Å². The lowest BCUT2D eigenvalue weighted by molar-refractivity contribution is -0.123. The first kappa shape index (κ1) is 14.8. The summed E-state index contributed by atoms with van der Waals surface area (Å²) in [5.41, 5.74) is 2.29. The van der Waals surface area contributed by atoms with Crippen LogP contribution in [0.3, 0.4) is 0 Å². The van der Waals surface area contributed by atoms with E-state index in [2.05, 4.69) is 16.5 Å². The van der Waals surface area contributed by atoms with E-state index < -0.39 is 0 Å². The number of amides is 1. The zero-order valence-corrected chi connectivity index (χ0v) is 12.6. The van der Waals surface area contributed by atoms with Gasteiger partial charge in [-0.2, -0.15) is 5.10 Å². The first-order valence-corrected chi connectivity index (χ1v) is 7.74. The molecular formula is C17H21N3O2. The molecule has 0 aliphatic carbocycles. The number of hydrogen-bond acceptors (Lipinski definition) is 3. The van der Waals surface area contributed by atoms with Gasteiger partial charge in [-0.1, -0.05) is 24.3 Å². The number of nitrogens with zero attached hydrogens (tertiary/aromatic N) is 2. The minimum Gasteiger partial charge on any atom is -0.378 e. The predicted octanol–water partition coefficient (Wildman–Crippen LogP) is 2.12. The van der Waals surface area contributed by atoms with Crippen molar-refractivity contribution >= 4 is 5.91 Å². The highest BCUT2D eigenvalue weighted by Crippen LogP contribution is 2.15. The van der Waals surface area contributed by atoms with Gasteiger partial charge in [0.25, 0.3) is 0 Å². The summed E-state index contributed by atoms with van der Waals surface area (Å²) in [5.74, 6) is 0.0563. The number of rotatable bonds is 6. The Balaban J connectivity index is 1.56. The molecule has 2 aromatic rings. The van der Waals surface area contributed by atoms with Gasteiger partial charge in [-0.15, -0.1) is 0 Å². The largest absolute Gasteiger partial charge is 0.378 e. The van der Waals surface area contributed by atoms with E-state index in [0.717, 1.165) is 25.0 Å². The van der Waals surface area contributed by atoms with Crippen LogP contribution in [0.4, 0.5) is 0 Å². The predicted molar refractivity (Wildman–Crippen MR) is 83.2 cm³/mol. The van der Waals surface area contributed by atoms with Crippen molar-refractivity contribution < 1.29 is 9.53 Å². The van der Waals surface area contributed by atoms with Gasteiger partial charge < -0.3 is 10.1 Å². The van der Waals surface area contributed by atoms with Crippen LogP contribution < -0.4 is 5.32 Å². The van der Waals surface area contributed by atoms with Crippen molar-refractivity contribution in [2.24, 2.45) is 0 Å². The third kappa shape index (κ3) is 3.95. The maximum atomic E-state index is 12.0. The second-order valence-corrected chi connectivity index (χ2v) is 5.59. The van der Waals surface area contributed by atoms with Gasteiger partial charge in [0.2, 0.25) is 5.91 Å². The molecule has 1 atom stereocenters. The molecule has 1 saturated heterocycles. The van der Waals surface area contributed by atoms with Crippen molar-refractivity contribution in [2.75, 3.05) is 6.61 Å². The third-order valence-corrected chi connectivity index (χ3v) is 3.92. The van der Waals surface area contributed by atoms with E-state index in [9.17, 15) is 4.79 Å². The van der Waals surface area contributed by atoms with Crippen molar-refractivity contribution in [3.63, 3.8) is 0 Å². The Bertz CT molecular complexity index is 604. The van der Waals surface area contributed by atoms with Crippen LogP contribution in [0.15, 0.2) is 42.7 Å². The number of hydrogen-bond donors (Lipinski definition) is 1. The van der Waals surface area contributed by atoms with Gasteiger partial charge >= 0.3 is 0 Å². The van der Waals surface area contributed by atoms with Crippen LogP contribution in [0, 0.1) is 0 Å². The molecule has 1 amide bonds. The summed E-state index contributed by atoms with van der Waals surface area (Å²) in [5, 5.41) is 7.23. The van der Waals surface area contributed by atoms with E-state index in [1.807, 2.05) is 35.1 Å². The summed E-state index contributed by atoms with van der Waals surface area (Å²) < 4.78 is 7.38. The molecule has 0 saturated carbocycles. The molecular weight excluding hydrogens is 278 g/mol. The monoisotopic (exact) mass is 299 g/mol. The summed E-state index contributed by atoms with van der Waals surface area (Å²) in [7, 11) is 0. The highest BCUT2D eigenvalue weighted by molar-refractivity contribution is 5.76.